The van der Waals surface area contributed by atoms with Gasteiger partial charge < -0.3 is 10.1 Å². The van der Waals surface area contributed by atoms with Crippen molar-refractivity contribution in [3.63, 3.8) is 0 Å². The van der Waals surface area contributed by atoms with E-state index in [-0.39, 0.29) is 0 Å². The highest BCUT2D eigenvalue weighted by molar-refractivity contribution is 5.20. The second kappa shape index (κ2) is 6.24. The largest absolute Gasteiger partial charge is 0.494 e. The van der Waals surface area contributed by atoms with Gasteiger partial charge in [-0.25, -0.2) is 0 Å². The van der Waals surface area contributed by atoms with E-state index >= 15 is 0 Å². The summed E-state index contributed by atoms with van der Waals surface area (Å²) in [6.07, 6.45) is 5.12. The van der Waals surface area contributed by atoms with E-state index in [1.807, 2.05) is 30.3 Å². The Kier molecular flexibility index (Phi) is 4.65. The summed E-state index contributed by atoms with van der Waals surface area (Å²) >= 11 is 0. The van der Waals surface area contributed by atoms with Gasteiger partial charge in [-0.05, 0) is 43.4 Å². The summed E-state index contributed by atoms with van der Waals surface area (Å²) in [7, 11) is 0. The molecule has 0 heterocycles. The summed E-state index contributed by atoms with van der Waals surface area (Å²) in [6.45, 7) is 6.60. The third-order valence-corrected chi connectivity index (χ3v) is 3.98. The van der Waals surface area contributed by atoms with E-state index in [0.717, 1.165) is 25.3 Å². The number of rotatable bonds is 6. The predicted molar refractivity (Wildman–Crippen MR) is 76.0 cm³/mol. The monoisotopic (exact) mass is 247 g/mol. The van der Waals surface area contributed by atoms with Gasteiger partial charge in [-0.1, -0.05) is 38.5 Å². The molecule has 0 aromatic heterocycles. The molecule has 1 saturated carbocycles. The maximum absolute atomic E-state index is 5.68. The number of hydrogen-bond donors (Lipinski definition) is 1. The minimum Gasteiger partial charge on any atom is -0.494 e. The van der Waals surface area contributed by atoms with Gasteiger partial charge in [0.05, 0.1) is 6.61 Å². The van der Waals surface area contributed by atoms with Crippen molar-refractivity contribution in [1.29, 1.82) is 0 Å². The Morgan fingerprint density at radius 1 is 1.28 bits per heavy atom. The van der Waals surface area contributed by atoms with Crippen LogP contribution in [-0.4, -0.2) is 19.2 Å². The van der Waals surface area contributed by atoms with E-state index in [1.54, 1.807) is 0 Å². The Balaban J connectivity index is 1.59. The van der Waals surface area contributed by atoms with E-state index in [4.69, 9.17) is 4.74 Å². The van der Waals surface area contributed by atoms with Crippen LogP contribution in [0.25, 0.3) is 0 Å². The average molecular weight is 247 g/mol. The first-order chi connectivity index (χ1) is 8.68. The van der Waals surface area contributed by atoms with Gasteiger partial charge in [-0.15, -0.1) is 0 Å². The highest BCUT2D eigenvalue weighted by Gasteiger charge is 2.33. The van der Waals surface area contributed by atoms with Gasteiger partial charge in [0, 0.05) is 6.04 Å². The van der Waals surface area contributed by atoms with Crippen LogP contribution in [0, 0.1) is 5.41 Å². The lowest BCUT2D eigenvalue weighted by atomic mass is 9.87. The summed E-state index contributed by atoms with van der Waals surface area (Å²) in [5.74, 6) is 0.971. The molecule has 1 aromatic carbocycles. The Hall–Kier alpha value is -1.02. The molecule has 1 aliphatic carbocycles. The van der Waals surface area contributed by atoms with Gasteiger partial charge >= 0.3 is 0 Å². The summed E-state index contributed by atoms with van der Waals surface area (Å²) in [5, 5.41) is 3.68. The van der Waals surface area contributed by atoms with Crippen LogP contribution >= 0.6 is 0 Å². The second-order valence-electron chi connectivity index (χ2n) is 5.90. The number of hydrogen-bond acceptors (Lipinski definition) is 2. The van der Waals surface area contributed by atoms with Gasteiger partial charge in [0.25, 0.3) is 0 Å². The van der Waals surface area contributed by atoms with E-state index in [9.17, 15) is 0 Å². The van der Waals surface area contributed by atoms with Crippen molar-refractivity contribution < 1.29 is 4.74 Å². The molecule has 100 valence electrons. The number of nitrogens with one attached hydrogen (secondary N) is 1. The molecule has 0 spiro atoms. The van der Waals surface area contributed by atoms with Crippen LogP contribution in [0.5, 0.6) is 5.75 Å². The van der Waals surface area contributed by atoms with E-state index in [0.29, 0.717) is 11.5 Å². The maximum atomic E-state index is 5.68. The van der Waals surface area contributed by atoms with Crippen molar-refractivity contribution in [3.05, 3.63) is 30.3 Å². The third-order valence-electron chi connectivity index (χ3n) is 3.98. The molecule has 1 atom stereocenters. The normalized spacial score (nSPS) is 22.0. The van der Waals surface area contributed by atoms with Crippen molar-refractivity contribution in [2.45, 2.75) is 45.6 Å². The van der Waals surface area contributed by atoms with Crippen LogP contribution in [0.15, 0.2) is 30.3 Å². The fraction of sp³-hybridized carbons (Fsp3) is 0.625. The zero-order valence-corrected chi connectivity index (χ0v) is 11.6. The smallest absolute Gasteiger partial charge is 0.119 e. The number of benzene rings is 1. The lowest BCUT2D eigenvalue weighted by molar-refractivity contribution is 0.265. The topological polar surface area (TPSA) is 21.3 Å². The molecular weight excluding hydrogens is 222 g/mol. The summed E-state index contributed by atoms with van der Waals surface area (Å²) in [6, 6.07) is 10.7. The van der Waals surface area contributed by atoms with E-state index < -0.39 is 0 Å². The molecule has 18 heavy (non-hydrogen) atoms. The minimum atomic E-state index is 0.473. The first kappa shape index (κ1) is 13.4. The third kappa shape index (κ3) is 3.74. The Bertz CT molecular complexity index is 347. The highest BCUT2D eigenvalue weighted by atomic mass is 16.5. The molecule has 0 amide bonds. The van der Waals surface area contributed by atoms with Gasteiger partial charge in [-0.3, -0.25) is 0 Å². The highest BCUT2D eigenvalue weighted by Crippen LogP contribution is 2.36. The average Bonchev–Trinajstić information content (AvgIpc) is 2.70. The minimum absolute atomic E-state index is 0.473. The molecule has 1 aliphatic rings. The molecular formula is C16H25NO. The standard InChI is InChI=1S/C16H25NO/c1-16(2)11-6-10-15(16)17-12-7-13-18-14-8-4-3-5-9-14/h3-5,8-9,15,17H,6-7,10-13H2,1-2H3. The van der Waals surface area contributed by atoms with E-state index in [1.165, 1.54) is 19.3 Å². The Morgan fingerprint density at radius 3 is 2.72 bits per heavy atom. The SMILES string of the molecule is CC1(C)CCCC1NCCCOc1ccccc1. The summed E-state index contributed by atoms with van der Waals surface area (Å²) in [4.78, 5) is 0. The van der Waals surface area contributed by atoms with Gasteiger partial charge in [0.1, 0.15) is 5.75 Å². The molecule has 2 nitrogen and oxygen atoms in total. The van der Waals surface area contributed by atoms with Gasteiger partial charge in [0.2, 0.25) is 0 Å². The van der Waals surface area contributed by atoms with Crippen molar-refractivity contribution >= 4 is 0 Å². The molecule has 0 bridgehead atoms. The van der Waals surface area contributed by atoms with Crippen molar-refractivity contribution in [2.75, 3.05) is 13.2 Å². The van der Waals surface area contributed by atoms with Gasteiger partial charge in [-0.2, -0.15) is 0 Å². The van der Waals surface area contributed by atoms with Crippen molar-refractivity contribution in [3.8, 4) is 5.75 Å². The number of ether oxygens (including phenoxy) is 1. The Labute approximate surface area is 111 Å². The first-order valence-electron chi connectivity index (χ1n) is 7.10. The predicted octanol–water partition coefficient (Wildman–Crippen LogP) is 3.62. The quantitative estimate of drug-likeness (QED) is 0.775. The van der Waals surface area contributed by atoms with Crippen molar-refractivity contribution in [2.24, 2.45) is 5.41 Å². The molecule has 2 heteroatoms. The van der Waals surface area contributed by atoms with Crippen LogP contribution in [0.1, 0.15) is 39.5 Å². The fourth-order valence-corrected chi connectivity index (χ4v) is 2.76. The Morgan fingerprint density at radius 2 is 2.06 bits per heavy atom. The molecule has 0 radical (unpaired) electrons. The van der Waals surface area contributed by atoms with Crippen LogP contribution in [0.2, 0.25) is 0 Å². The van der Waals surface area contributed by atoms with Crippen LogP contribution in [0.3, 0.4) is 0 Å². The second-order valence-corrected chi connectivity index (χ2v) is 5.90. The van der Waals surface area contributed by atoms with E-state index in [2.05, 4.69) is 19.2 Å². The number of para-hydroxylation sites is 1. The molecule has 1 unspecified atom stereocenters. The molecule has 2 rings (SSSR count). The lowest BCUT2D eigenvalue weighted by Crippen LogP contribution is -2.38. The molecule has 0 saturated heterocycles. The first-order valence-corrected chi connectivity index (χ1v) is 7.10. The van der Waals surface area contributed by atoms with Crippen LogP contribution < -0.4 is 10.1 Å². The molecule has 1 fully saturated rings. The molecule has 0 aliphatic heterocycles. The van der Waals surface area contributed by atoms with Crippen LogP contribution in [-0.2, 0) is 0 Å². The summed E-state index contributed by atoms with van der Waals surface area (Å²) in [5.41, 5.74) is 0.473. The maximum Gasteiger partial charge on any atom is 0.119 e. The zero-order chi connectivity index (χ0) is 12.8. The fourth-order valence-electron chi connectivity index (χ4n) is 2.76. The summed E-state index contributed by atoms with van der Waals surface area (Å²) < 4.78 is 5.68. The van der Waals surface area contributed by atoms with Crippen molar-refractivity contribution in [1.82, 2.24) is 5.32 Å². The lowest BCUT2D eigenvalue weighted by Gasteiger charge is -2.28. The molecule has 1 aromatic rings. The zero-order valence-electron chi connectivity index (χ0n) is 11.6. The molecule has 1 N–H and O–H groups in total. The van der Waals surface area contributed by atoms with Gasteiger partial charge in [0.15, 0.2) is 0 Å². The van der Waals surface area contributed by atoms with Crippen LogP contribution in [0.4, 0.5) is 0 Å².